The van der Waals surface area contributed by atoms with Crippen molar-refractivity contribution in [2.75, 3.05) is 0 Å². The molecule has 2 rings (SSSR count). The van der Waals surface area contributed by atoms with Crippen LogP contribution in [0.5, 0.6) is 0 Å². The van der Waals surface area contributed by atoms with Crippen LogP contribution in [-0.2, 0) is 4.84 Å². The summed E-state index contributed by atoms with van der Waals surface area (Å²) in [6, 6.07) is 8.74. The minimum absolute atomic E-state index is 0.0243. The lowest BCUT2D eigenvalue weighted by atomic mass is 10.2. The van der Waals surface area contributed by atoms with Crippen molar-refractivity contribution in [2.45, 2.75) is 0 Å². The first kappa shape index (κ1) is 12.5. The maximum absolute atomic E-state index is 11.3. The summed E-state index contributed by atoms with van der Waals surface area (Å²) in [5, 5.41) is 14.0. The van der Waals surface area contributed by atoms with Gasteiger partial charge in [0, 0.05) is 17.7 Å². The Balaban J connectivity index is 2.01. The lowest BCUT2D eigenvalue weighted by Crippen LogP contribution is -1.99. The van der Waals surface area contributed by atoms with Crippen molar-refractivity contribution >= 4 is 17.9 Å². The van der Waals surface area contributed by atoms with Crippen LogP contribution in [0.2, 0.25) is 0 Å². The summed E-state index contributed by atoms with van der Waals surface area (Å²) in [4.78, 5) is 25.9. The standard InChI is InChI=1S/C12H8N2O5/c15-12(11-5-2-6-18-11)19-13-8-9-3-1-4-10(7-9)14(16)17/h1-8H/b13-8-. The van der Waals surface area contributed by atoms with Crippen molar-refractivity contribution in [3.8, 4) is 0 Å². The first-order valence-corrected chi connectivity index (χ1v) is 5.19. The second kappa shape index (κ2) is 5.58. The number of hydrogen-bond donors (Lipinski definition) is 0. The molecule has 0 N–H and O–H groups in total. The van der Waals surface area contributed by atoms with Crippen molar-refractivity contribution in [3.63, 3.8) is 0 Å². The van der Waals surface area contributed by atoms with Crippen LogP contribution in [0.1, 0.15) is 16.1 Å². The fourth-order valence-corrected chi connectivity index (χ4v) is 1.29. The molecular weight excluding hydrogens is 252 g/mol. The molecule has 0 spiro atoms. The van der Waals surface area contributed by atoms with E-state index in [9.17, 15) is 14.9 Å². The number of nitrogens with zero attached hydrogens (tertiary/aromatic N) is 2. The average Bonchev–Trinajstić information content (AvgIpc) is 2.93. The molecule has 1 aromatic carbocycles. The zero-order valence-electron chi connectivity index (χ0n) is 9.55. The molecular formula is C12H8N2O5. The molecule has 1 aromatic heterocycles. The SMILES string of the molecule is O=C(O/N=C\c1cccc([N+](=O)[O-])c1)c1ccco1. The summed E-state index contributed by atoms with van der Waals surface area (Å²) in [5.41, 5.74) is 0.378. The van der Waals surface area contributed by atoms with Gasteiger partial charge in [0.1, 0.15) is 0 Å². The second-order valence-electron chi connectivity index (χ2n) is 3.44. The van der Waals surface area contributed by atoms with Crippen molar-refractivity contribution in [1.82, 2.24) is 0 Å². The third-order valence-corrected chi connectivity index (χ3v) is 2.14. The highest BCUT2D eigenvalue weighted by molar-refractivity contribution is 5.87. The molecule has 0 atom stereocenters. The Kier molecular flexibility index (Phi) is 3.67. The molecule has 7 heteroatoms. The van der Waals surface area contributed by atoms with Crippen molar-refractivity contribution < 1.29 is 19.0 Å². The van der Waals surface area contributed by atoms with Gasteiger partial charge in [0.2, 0.25) is 5.76 Å². The van der Waals surface area contributed by atoms with Gasteiger partial charge in [-0.15, -0.1) is 0 Å². The van der Waals surface area contributed by atoms with Crippen molar-refractivity contribution in [3.05, 3.63) is 64.1 Å². The summed E-state index contributed by atoms with van der Waals surface area (Å²) in [7, 11) is 0. The summed E-state index contributed by atoms with van der Waals surface area (Å²) < 4.78 is 4.81. The molecule has 0 bridgehead atoms. The van der Waals surface area contributed by atoms with Gasteiger partial charge in [-0.25, -0.2) is 4.79 Å². The van der Waals surface area contributed by atoms with Gasteiger partial charge >= 0.3 is 5.97 Å². The minimum Gasteiger partial charge on any atom is -0.457 e. The zero-order valence-corrected chi connectivity index (χ0v) is 9.55. The van der Waals surface area contributed by atoms with Crippen LogP contribution < -0.4 is 0 Å². The molecule has 0 saturated heterocycles. The van der Waals surface area contributed by atoms with Gasteiger partial charge in [-0.05, 0) is 12.1 Å². The van der Waals surface area contributed by atoms with Gasteiger partial charge < -0.3 is 9.25 Å². The lowest BCUT2D eigenvalue weighted by molar-refractivity contribution is -0.384. The van der Waals surface area contributed by atoms with E-state index in [1.165, 1.54) is 36.7 Å². The molecule has 96 valence electrons. The lowest BCUT2D eigenvalue weighted by Gasteiger charge is -1.94. The molecule has 0 aliphatic carbocycles. The summed E-state index contributed by atoms with van der Waals surface area (Å²) in [5.74, 6) is -0.720. The van der Waals surface area contributed by atoms with E-state index in [0.717, 1.165) is 0 Å². The van der Waals surface area contributed by atoms with Gasteiger partial charge in [0.25, 0.3) is 5.69 Å². The Morgan fingerprint density at radius 1 is 1.37 bits per heavy atom. The quantitative estimate of drug-likeness (QED) is 0.364. The van der Waals surface area contributed by atoms with E-state index in [2.05, 4.69) is 9.99 Å². The van der Waals surface area contributed by atoms with Gasteiger partial charge in [-0.3, -0.25) is 10.1 Å². The third kappa shape index (κ3) is 3.25. The Labute approximate surface area is 107 Å². The second-order valence-corrected chi connectivity index (χ2v) is 3.44. The van der Waals surface area contributed by atoms with E-state index in [0.29, 0.717) is 5.56 Å². The van der Waals surface area contributed by atoms with Crippen LogP contribution in [0.4, 0.5) is 5.69 Å². The van der Waals surface area contributed by atoms with Crippen LogP contribution in [0, 0.1) is 10.1 Å². The Morgan fingerprint density at radius 3 is 2.89 bits per heavy atom. The summed E-state index contributed by atoms with van der Waals surface area (Å²) >= 11 is 0. The van der Waals surface area contributed by atoms with E-state index >= 15 is 0 Å². The predicted octanol–water partition coefficient (Wildman–Crippen LogP) is 2.38. The smallest absolute Gasteiger partial charge is 0.400 e. The van der Waals surface area contributed by atoms with Crippen LogP contribution in [0.25, 0.3) is 0 Å². The van der Waals surface area contributed by atoms with E-state index < -0.39 is 10.9 Å². The third-order valence-electron chi connectivity index (χ3n) is 2.14. The monoisotopic (exact) mass is 260 g/mol. The molecule has 0 saturated carbocycles. The van der Waals surface area contributed by atoms with Gasteiger partial charge in [-0.1, -0.05) is 17.3 Å². The first-order valence-electron chi connectivity index (χ1n) is 5.19. The number of rotatable bonds is 4. The number of nitro groups is 1. The Hall–Kier alpha value is -2.96. The number of carbonyl (C=O) groups is 1. The van der Waals surface area contributed by atoms with Crippen LogP contribution >= 0.6 is 0 Å². The maximum Gasteiger partial charge on any atom is 0.400 e. The van der Waals surface area contributed by atoms with E-state index in [1.54, 1.807) is 12.1 Å². The fraction of sp³-hybridized carbons (Fsp3) is 0. The molecule has 0 fully saturated rings. The molecule has 0 aliphatic heterocycles. The zero-order chi connectivity index (χ0) is 13.7. The fourth-order valence-electron chi connectivity index (χ4n) is 1.29. The van der Waals surface area contributed by atoms with E-state index in [4.69, 9.17) is 4.42 Å². The molecule has 7 nitrogen and oxygen atoms in total. The highest BCUT2D eigenvalue weighted by Crippen LogP contribution is 2.11. The van der Waals surface area contributed by atoms with Crippen LogP contribution in [-0.4, -0.2) is 17.1 Å². The van der Waals surface area contributed by atoms with Gasteiger partial charge in [0.05, 0.1) is 17.4 Å². The largest absolute Gasteiger partial charge is 0.457 e. The van der Waals surface area contributed by atoms with E-state index in [1.807, 2.05) is 0 Å². The number of oxime groups is 1. The van der Waals surface area contributed by atoms with Gasteiger partial charge in [-0.2, -0.15) is 0 Å². The van der Waals surface area contributed by atoms with Crippen LogP contribution in [0.15, 0.2) is 52.2 Å². The number of hydrogen-bond acceptors (Lipinski definition) is 6. The molecule has 19 heavy (non-hydrogen) atoms. The highest BCUT2D eigenvalue weighted by atomic mass is 16.7. The maximum atomic E-state index is 11.3. The number of furan rings is 1. The topological polar surface area (TPSA) is 94.9 Å². The predicted molar refractivity (Wildman–Crippen MR) is 64.8 cm³/mol. The number of nitro benzene ring substituents is 1. The first-order chi connectivity index (χ1) is 9.16. The summed E-state index contributed by atoms with van der Waals surface area (Å²) in [6.45, 7) is 0. The highest BCUT2D eigenvalue weighted by Gasteiger charge is 2.09. The van der Waals surface area contributed by atoms with E-state index in [-0.39, 0.29) is 11.4 Å². The molecule has 0 amide bonds. The molecule has 0 radical (unpaired) electrons. The number of benzene rings is 1. The Bertz CT molecular complexity index is 619. The molecule has 2 aromatic rings. The van der Waals surface area contributed by atoms with Crippen molar-refractivity contribution in [1.29, 1.82) is 0 Å². The average molecular weight is 260 g/mol. The number of non-ortho nitro benzene ring substituents is 1. The molecule has 0 aliphatic rings. The summed E-state index contributed by atoms with van der Waals surface area (Å²) in [6.07, 6.45) is 2.54. The van der Waals surface area contributed by atoms with Crippen molar-refractivity contribution in [2.24, 2.45) is 5.16 Å². The van der Waals surface area contributed by atoms with Gasteiger partial charge in [0.15, 0.2) is 0 Å². The Morgan fingerprint density at radius 2 is 2.21 bits per heavy atom. The minimum atomic E-state index is -0.744. The molecule has 0 unspecified atom stereocenters. The molecule has 1 heterocycles. The normalized spacial score (nSPS) is 10.5. The van der Waals surface area contributed by atoms with Crippen LogP contribution in [0.3, 0.4) is 0 Å². The number of carbonyl (C=O) groups excluding carboxylic acids is 1.